The number of rotatable bonds is 4. The smallest absolute Gasteiger partial charge is 0.282 e. The summed E-state index contributed by atoms with van der Waals surface area (Å²) in [5, 5.41) is 0. The van der Waals surface area contributed by atoms with Gasteiger partial charge in [-0.05, 0) is 18.2 Å². The molecule has 0 unspecified atom stereocenters. The molecule has 0 amide bonds. The molecular formula is C15H12F2N2S2. The molecule has 0 aliphatic heterocycles. The summed E-state index contributed by atoms with van der Waals surface area (Å²) in [6.45, 7) is 0. The Kier molecular flexibility index (Phi) is 3.82. The number of nitrogens with two attached hydrogens (primary N) is 1. The normalized spacial score (nSPS) is 11.9. The molecule has 2 N–H and O–H groups in total. The second-order valence-electron chi connectivity index (χ2n) is 4.57. The Morgan fingerprint density at radius 1 is 1.14 bits per heavy atom. The molecule has 0 aliphatic rings. The van der Waals surface area contributed by atoms with Gasteiger partial charge in [0.25, 0.3) is 5.92 Å². The van der Waals surface area contributed by atoms with Crippen molar-refractivity contribution in [3.8, 4) is 0 Å². The average molecular weight is 322 g/mol. The van der Waals surface area contributed by atoms with Crippen LogP contribution < -0.4 is 5.73 Å². The molecule has 0 bridgehead atoms. The van der Waals surface area contributed by atoms with Gasteiger partial charge in [0.15, 0.2) is 4.34 Å². The van der Waals surface area contributed by atoms with E-state index in [4.69, 9.17) is 5.73 Å². The molecule has 108 valence electrons. The molecule has 0 aliphatic carbocycles. The highest BCUT2D eigenvalue weighted by molar-refractivity contribution is 8.01. The maximum atomic E-state index is 14.1. The zero-order valence-electron chi connectivity index (χ0n) is 10.9. The van der Waals surface area contributed by atoms with E-state index in [1.165, 1.54) is 23.5 Å². The largest absolute Gasteiger partial charge is 0.399 e. The first kappa shape index (κ1) is 14.3. The van der Waals surface area contributed by atoms with Crippen molar-refractivity contribution < 1.29 is 8.78 Å². The molecule has 0 atom stereocenters. The molecule has 2 aromatic carbocycles. The highest BCUT2D eigenvalue weighted by Gasteiger charge is 2.31. The molecule has 2 nitrogen and oxygen atoms in total. The summed E-state index contributed by atoms with van der Waals surface area (Å²) in [7, 11) is 0. The zero-order valence-corrected chi connectivity index (χ0v) is 12.6. The van der Waals surface area contributed by atoms with Crippen molar-refractivity contribution in [3.05, 3.63) is 54.1 Å². The van der Waals surface area contributed by atoms with Crippen LogP contribution in [0.2, 0.25) is 0 Å². The van der Waals surface area contributed by atoms with Crippen LogP contribution in [0.15, 0.2) is 52.9 Å². The zero-order chi connectivity index (χ0) is 14.9. The van der Waals surface area contributed by atoms with E-state index >= 15 is 0 Å². The number of benzene rings is 2. The van der Waals surface area contributed by atoms with E-state index in [2.05, 4.69) is 4.98 Å². The number of alkyl halides is 2. The lowest BCUT2D eigenvalue weighted by Crippen LogP contribution is -2.16. The second-order valence-corrected chi connectivity index (χ2v) is 6.82. The third-order valence-corrected chi connectivity index (χ3v) is 5.23. The highest BCUT2D eigenvalue weighted by Crippen LogP contribution is 2.37. The van der Waals surface area contributed by atoms with Gasteiger partial charge in [0.2, 0.25) is 0 Å². The van der Waals surface area contributed by atoms with Crippen molar-refractivity contribution in [2.24, 2.45) is 0 Å². The minimum Gasteiger partial charge on any atom is -0.399 e. The van der Waals surface area contributed by atoms with E-state index in [0.717, 1.165) is 22.0 Å². The molecule has 0 saturated heterocycles. The summed E-state index contributed by atoms with van der Waals surface area (Å²) in [5.41, 5.74) is 7.18. The molecule has 0 fully saturated rings. The minimum atomic E-state index is -2.87. The van der Waals surface area contributed by atoms with E-state index < -0.39 is 5.92 Å². The summed E-state index contributed by atoms with van der Waals surface area (Å²) in [6.07, 6.45) is 0. The van der Waals surface area contributed by atoms with Gasteiger partial charge in [0.05, 0.1) is 16.0 Å². The van der Waals surface area contributed by atoms with Gasteiger partial charge >= 0.3 is 0 Å². The fourth-order valence-corrected chi connectivity index (χ4v) is 3.96. The van der Waals surface area contributed by atoms with Crippen LogP contribution in [-0.4, -0.2) is 10.7 Å². The quantitative estimate of drug-likeness (QED) is 0.556. The standard InChI is InChI=1S/C15H12F2N2S2/c16-15(17,10-4-2-1-3-5-10)9-20-14-19-12-7-6-11(18)8-13(12)21-14/h1-8H,9,18H2. The molecule has 3 rings (SSSR count). The van der Waals surface area contributed by atoms with E-state index in [-0.39, 0.29) is 11.3 Å². The fraction of sp³-hybridized carbons (Fsp3) is 0.133. The highest BCUT2D eigenvalue weighted by atomic mass is 32.2. The predicted molar refractivity (Wildman–Crippen MR) is 85.1 cm³/mol. The Balaban J connectivity index is 1.77. The van der Waals surface area contributed by atoms with Crippen LogP contribution in [0.25, 0.3) is 10.2 Å². The maximum absolute atomic E-state index is 14.1. The Bertz CT molecular complexity index is 757. The number of halogens is 2. The molecule has 6 heteroatoms. The van der Waals surface area contributed by atoms with Gasteiger partial charge in [-0.15, -0.1) is 11.3 Å². The lowest BCUT2D eigenvalue weighted by Gasteiger charge is -2.15. The number of thioether (sulfide) groups is 1. The Morgan fingerprint density at radius 3 is 2.67 bits per heavy atom. The summed E-state index contributed by atoms with van der Waals surface area (Å²) in [4.78, 5) is 4.34. The van der Waals surface area contributed by atoms with Gasteiger partial charge in [-0.1, -0.05) is 42.1 Å². The summed E-state index contributed by atoms with van der Waals surface area (Å²) >= 11 is 2.46. The number of nitrogen functional groups attached to an aromatic ring is 1. The Labute approximate surface area is 129 Å². The summed E-state index contributed by atoms with van der Waals surface area (Å²) < 4.78 is 29.7. The van der Waals surface area contributed by atoms with Crippen LogP contribution in [-0.2, 0) is 5.92 Å². The fourth-order valence-electron chi connectivity index (χ4n) is 1.90. The van der Waals surface area contributed by atoms with Gasteiger partial charge in [0.1, 0.15) is 0 Å². The third kappa shape index (κ3) is 3.16. The Morgan fingerprint density at radius 2 is 1.90 bits per heavy atom. The van der Waals surface area contributed by atoms with Crippen LogP contribution >= 0.6 is 23.1 Å². The van der Waals surface area contributed by atoms with E-state index in [0.29, 0.717) is 10.0 Å². The number of anilines is 1. The molecule has 1 aromatic heterocycles. The lowest BCUT2D eigenvalue weighted by molar-refractivity contribution is 0.0232. The molecule has 0 radical (unpaired) electrons. The number of hydrogen-bond donors (Lipinski definition) is 1. The minimum absolute atomic E-state index is 0.0304. The van der Waals surface area contributed by atoms with Gasteiger partial charge < -0.3 is 5.73 Å². The van der Waals surface area contributed by atoms with Crippen molar-refractivity contribution >= 4 is 39.0 Å². The maximum Gasteiger partial charge on any atom is 0.282 e. The average Bonchev–Trinajstić information content (AvgIpc) is 2.88. The first-order chi connectivity index (χ1) is 10.0. The van der Waals surface area contributed by atoms with Crippen LogP contribution in [0, 0.1) is 0 Å². The van der Waals surface area contributed by atoms with E-state index in [1.807, 2.05) is 6.07 Å². The number of nitrogens with zero attached hydrogens (tertiary/aromatic N) is 1. The number of thiazole rings is 1. The molecular weight excluding hydrogens is 310 g/mol. The first-order valence-electron chi connectivity index (χ1n) is 6.27. The van der Waals surface area contributed by atoms with Gasteiger partial charge in [0, 0.05) is 11.3 Å². The van der Waals surface area contributed by atoms with E-state index in [1.54, 1.807) is 30.3 Å². The SMILES string of the molecule is Nc1ccc2nc(SCC(F)(F)c3ccccc3)sc2c1. The van der Waals surface area contributed by atoms with Gasteiger partial charge in [-0.2, -0.15) is 0 Å². The molecule has 0 saturated carbocycles. The Hall–Kier alpha value is -1.66. The van der Waals surface area contributed by atoms with Crippen LogP contribution in [0.3, 0.4) is 0 Å². The van der Waals surface area contributed by atoms with Gasteiger partial charge in [-0.25, -0.2) is 13.8 Å². The molecule has 1 heterocycles. The van der Waals surface area contributed by atoms with Crippen LogP contribution in [0.4, 0.5) is 14.5 Å². The van der Waals surface area contributed by atoms with Crippen molar-refractivity contribution in [1.82, 2.24) is 4.98 Å². The summed E-state index contributed by atoms with van der Waals surface area (Å²) in [5.74, 6) is -3.20. The topological polar surface area (TPSA) is 38.9 Å². The van der Waals surface area contributed by atoms with Crippen LogP contribution in [0.1, 0.15) is 5.56 Å². The van der Waals surface area contributed by atoms with Crippen molar-refractivity contribution in [1.29, 1.82) is 0 Å². The second kappa shape index (κ2) is 5.61. The third-order valence-electron chi connectivity index (χ3n) is 2.97. The number of fused-ring (bicyclic) bond motifs is 1. The molecule has 0 spiro atoms. The summed E-state index contributed by atoms with van der Waals surface area (Å²) in [6, 6.07) is 13.2. The number of aromatic nitrogens is 1. The lowest BCUT2D eigenvalue weighted by atomic mass is 10.1. The van der Waals surface area contributed by atoms with E-state index in [9.17, 15) is 8.78 Å². The number of hydrogen-bond acceptors (Lipinski definition) is 4. The van der Waals surface area contributed by atoms with Crippen molar-refractivity contribution in [2.75, 3.05) is 11.5 Å². The monoisotopic (exact) mass is 322 g/mol. The van der Waals surface area contributed by atoms with Crippen LogP contribution in [0.5, 0.6) is 0 Å². The molecule has 3 aromatic rings. The van der Waals surface area contributed by atoms with Crippen molar-refractivity contribution in [2.45, 2.75) is 10.3 Å². The predicted octanol–water partition coefficient (Wildman–Crippen LogP) is 4.76. The first-order valence-corrected chi connectivity index (χ1v) is 8.07. The van der Waals surface area contributed by atoms with Gasteiger partial charge in [-0.3, -0.25) is 0 Å². The molecule has 21 heavy (non-hydrogen) atoms. The van der Waals surface area contributed by atoms with Crippen molar-refractivity contribution in [3.63, 3.8) is 0 Å².